The van der Waals surface area contributed by atoms with E-state index in [2.05, 4.69) is 5.32 Å². The maximum absolute atomic E-state index is 10.7. The van der Waals surface area contributed by atoms with Crippen LogP contribution >= 0.6 is 0 Å². The van der Waals surface area contributed by atoms with Gasteiger partial charge in [-0.3, -0.25) is 4.79 Å². The molecule has 0 aromatic heterocycles. The lowest BCUT2D eigenvalue weighted by atomic mass is 10.5. The largest absolute Gasteiger partial charge is 0.415 e. The first-order valence-electron chi connectivity index (χ1n) is 5.41. The molecular weight excluding hydrogens is 242 g/mol. The molecule has 0 radical (unpaired) electrons. The lowest BCUT2D eigenvalue weighted by Gasteiger charge is -2.31. The summed E-state index contributed by atoms with van der Waals surface area (Å²) in [5.74, 6) is -0.0291. The smallest absolute Gasteiger partial charge is 0.325 e. The van der Waals surface area contributed by atoms with Crippen LogP contribution in [0.1, 0.15) is 13.3 Å². The van der Waals surface area contributed by atoms with Gasteiger partial charge >= 0.3 is 17.1 Å². The summed E-state index contributed by atoms with van der Waals surface area (Å²) in [4.78, 5) is 20.4. The van der Waals surface area contributed by atoms with Gasteiger partial charge in [0.2, 0.25) is 5.91 Å². The van der Waals surface area contributed by atoms with Crippen molar-refractivity contribution in [3.05, 3.63) is 0 Å². The van der Waals surface area contributed by atoms with E-state index < -0.39 is 17.1 Å². The minimum Gasteiger partial charge on any atom is -0.415 e. The number of hydrogen-bond donors (Lipinski definition) is 2. The van der Waals surface area contributed by atoms with Crippen LogP contribution in [0.3, 0.4) is 0 Å². The molecule has 0 spiro atoms. The summed E-state index contributed by atoms with van der Waals surface area (Å²) in [6, 6.07) is 0.765. The number of amides is 1. The van der Waals surface area contributed by atoms with E-state index in [1.165, 1.54) is 6.92 Å². The van der Waals surface area contributed by atoms with Gasteiger partial charge in [-0.15, -0.1) is 0 Å². The van der Waals surface area contributed by atoms with Gasteiger partial charge in [0, 0.05) is 20.6 Å². The summed E-state index contributed by atoms with van der Waals surface area (Å²) >= 11 is 0. The summed E-state index contributed by atoms with van der Waals surface area (Å²) in [5, 5.41) is 2.73. The number of hydrogen-bond acceptors (Lipinski definition) is 4. The molecule has 96 valence electrons. The standard InChI is InChI=1S/C9H23NO4Si2/c1-9(11)10-7-6-8-16(5,13-2)14-15(3,4)12/h12H,6-8H2,1-5H3,(H,10,11). The van der Waals surface area contributed by atoms with Gasteiger partial charge in [0.05, 0.1) is 0 Å². The number of carbonyl (C=O) groups is 1. The highest BCUT2D eigenvalue weighted by Gasteiger charge is 2.36. The minimum atomic E-state index is -2.55. The lowest BCUT2D eigenvalue weighted by molar-refractivity contribution is -0.118. The van der Waals surface area contributed by atoms with Crippen LogP contribution in [0.5, 0.6) is 0 Å². The first-order valence-corrected chi connectivity index (χ1v) is 10.8. The Morgan fingerprint density at radius 1 is 1.38 bits per heavy atom. The van der Waals surface area contributed by atoms with E-state index in [0.717, 1.165) is 12.5 Å². The third-order valence-electron chi connectivity index (χ3n) is 2.08. The summed E-state index contributed by atoms with van der Waals surface area (Å²) < 4.78 is 11.1. The van der Waals surface area contributed by atoms with E-state index in [1.54, 1.807) is 20.2 Å². The average molecular weight is 265 g/mol. The Morgan fingerprint density at radius 2 is 1.94 bits per heavy atom. The van der Waals surface area contributed by atoms with Crippen molar-refractivity contribution in [1.29, 1.82) is 0 Å². The average Bonchev–Trinajstić information content (AvgIpc) is 2.09. The summed E-state index contributed by atoms with van der Waals surface area (Å²) in [6.45, 7) is 7.51. The number of rotatable bonds is 7. The van der Waals surface area contributed by atoms with Crippen molar-refractivity contribution in [2.45, 2.75) is 39.0 Å². The van der Waals surface area contributed by atoms with E-state index >= 15 is 0 Å². The molecule has 2 N–H and O–H groups in total. The number of carbonyl (C=O) groups excluding carboxylic acids is 1. The maximum atomic E-state index is 10.7. The van der Waals surface area contributed by atoms with Gasteiger partial charge in [0.1, 0.15) is 0 Å². The monoisotopic (exact) mass is 265 g/mol. The van der Waals surface area contributed by atoms with E-state index in [9.17, 15) is 9.59 Å². The third kappa shape index (κ3) is 8.00. The van der Waals surface area contributed by atoms with Crippen molar-refractivity contribution in [2.75, 3.05) is 13.7 Å². The van der Waals surface area contributed by atoms with Crippen molar-refractivity contribution in [2.24, 2.45) is 0 Å². The van der Waals surface area contributed by atoms with Gasteiger partial charge < -0.3 is 18.7 Å². The second kappa shape index (κ2) is 6.50. The van der Waals surface area contributed by atoms with E-state index in [0.29, 0.717) is 6.54 Å². The van der Waals surface area contributed by atoms with Crippen LogP contribution in [0.4, 0.5) is 0 Å². The molecule has 0 saturated carbocycles. The first kappa shape index (κ1) is 15.8. The van der Waals surface area contributed by atoms with E-state index in [4.69, 9.17) is 8.54 Å². The Labute approximate surface area is 99.6 Å². The molecule has 7 heteroatoms. The highest BCUT2D eigenvalue weighted by atomic mass is 28.5. The van der Waals surface area contributed by atoms with Crippen LogP contribution in [-0.4, -0.2) is 41.5 Å². The molecule has 0 aliphatic heterocycles. The molecular formula is C9H23NO4Si2. The van der Waals surface area contributed by atoms with Gasteiger partial charge in [-0.25, -0.2) is 0 Å². The molecule has 0 aromatic carbocycles. The van der Waals surface area contributed by atoms with Crippen molar-refractivity contribution in [3.8, 4) is 0 Å². The van der Waals surface area contributed by atoms with Crippen molar-refractivity contribution < 1.29 is 18.1 Å². The molecule has 16 heavy (non-hydrogen) atoms. The normalized spacial score (nSPS) is 15.6. The Morgan fingerprint density at radius 3 is 2.31 bits per heavy atom. The zero-order valence-electron chi connectivity index (χ0n) is 10.8. The third-order valence-corrected chi connectivity index (χ3v) is 7.93. The molecule has 0 aliphatic carbocycles. The van der Waals surface area contributed by atoms with Crippen LogP contribution in [0, 0.1) is 0 Å². The zero-order valence-corrected chi connectivity index (χ0v) is 12.8. The SMILES string of the molecule is CO[Si](C)(CCCNC(C)=O)O[Si](C)(C)O. The maximum Gasteiger partial charge on any atom is 0.325 e. The Bertz CT molecular complexity index is 232. The van der Waals surface area contributed by atoms with Crippen LogP contribution in [0.15, 0.2) is 0 Å². The van der Waals surface area contributed by atoms with Gasteiger partial charge in [0.15, 0.2) is 0 Å². The zero-order chi connectivity index (χ0) is 12.8. The molecule has 0 rings (SSSR count). The lowest BCUT2D eigenvalue weighted by Crippen LogP contribution is -2.48. The molecule has 1 unspecified atom stereocenters. The molecule has 0 aliphatic rings. The fourth-order valence-electron chi connectivity index (χ4n) is 1.40. The molecule has 0 aromatic rings. The van der Waals surface area contributed by atoms with Crippen molar-refractivity contribution in [3.63, 3.8) is 0 Å². The molecule has 0 saturated heterocycles. The Balaban J connectivity index is 4.02. The van der Waals surface area contributed by atoms with Crippen LogP contribution < -0.4 is 5.32 Å². The van der Waals surface area contributed by atoms with Gasteiger partial charge in [-0.1, -0.05) is 0 Å². The van der Waals surface area contributed by atoms with Gasteiger partial charge in [-0.05, 0) is 32.1 Å². The van der Waals surface area contributed by atoms with Gasteiger partial charge in [-0.2, -0.15) is 0 Å². The molecule has 0 bridgehead atoms. The predicted octanol–water partition coefficient (Wildman–Crippen LogP) is 0.942. The molecule has 1 atom stereocenters. The van der Waals surface area contributed by atoms with Crippen molar-refractivity contribution >= 4 is 23.0 Å². The summed E-state index contributed by atoms with van der Waals surface area (Å²) in [5.41, 5.74) is 0. The Kier molecular flexibility index (Phi) is 6.41. The fraction of sp³-hybridized carbons (Fsp3) is 0.889. The van der Waals surface area contributed by atoms with Crippen LogP contribution in [-0.2, 0) is 13.3 Å². The quantitative estimate of drug-likeness (QED) is 0.531. The topological polar surface area (TPSA) is 67.8 Å². The van der Waals surface area contributed by atoms with E-state index in [-0.39, 0.29) is 5.91 Å². The highest BCUT2D eigenvalue weighted by molar-refractivity contribution is 6.78. The molecule has 0 fully saturated rings. The summed E-state index contributed by atoms with van der Waals surface area (Å²) in [6.07, 6.45) is 0.806. The minimum absolute atomic E-state index is 0.0291. The number of nitrogens with one attached hydrogen (secondary N) is 1. The summed E-state index contributed by atoms with van der Waals surface area (Å²) in [7, 11) is -3.20. The molecule has 0 heterocycles. The van der Waals surface area contributed by atoms with Crippen molar-refractivity contribution in [1.82, 2.24) is 5.32 Å². The fourth-order valence-corrected chi connectivity index (χ4v) is 7.39. The molecule has 1 amide bonds. The second-order valence-corrected chi connectivity index (χ2v) is 11.4. The second-order valence-electron chi connectivity index (χ2n) is 4.47. The van der Waals surface area contributed by atoms with Gasteiger partial charge in [0.25, 0.3) is 0 Å². The molecule has 5 nitrogen and oxygen atoms in total. The van der Waals surface area contributed by atoms with E-state index in [1.807, 2.05) is 6.55 Å². The van der Waals surface area contributed by atoms with Crippen LogP contribution in [0.25, 0.3) is 0 Å². The first-order chi connectivity index (χ1) is 7.18. The van der Waals surface area contributed by atoms with Crippen LogP contribution in [0.2, 0.25) is 25.7 Å². The highest BCUT2D eigenvalue weighted by Crippen LogP contribution is 2.18. The predicted molar refractivity (Wildman–Crippen MR) is 67.5 cm³/mol. The Hall–Kier alpha value is -0.216.